The van der Waals surface area contributed by atoms with Crippen LogP contribution in [0.1, 0.15) is 6.42 Å². The molecule has 2 aromatic rings. The van der Waals surface area contributed by atoms with Crippen LogP contribution in [0.5, 0.6) is 5.75 Å². The highest BCUT2D eigenvalue weighted by atomic mass is 32.2. The van der Waals surface area contributed by atoms with Gasteiger partial charge in [-0.2, -0.15) is 0 Å². The zero-order chi connectivity index (χ0) is 21.5. The highest BCUT2D eigenvalue weighted by molar-refractivity contribution is 7.99. The average Bonchev–Trinajstić information content (AvgIpc) is 3.25. The molecule has 0 aromatic heterocycles. The van der Waals surface area contributed by atoms with Gasteiger partial charge < -0.3 is 20.3 Å². The Balaban J connectivity index is 1.55. The van der Waals surface area contributed by atoms with Crippen LogP contribution in [0.4, 0.5) is 17.1 Å². The Labute approximate surface area is 177 Å². The molecule has 2 aromatic carbocycles. The summed E-state index contributed by atoms with van der Waals surface area (Å²) in [4.78, 5) is 37.4. The fourth-order valence-electron chi connectivity index (χ4n) is 3.04. The van der Waals surface area contributed by atoms with Crippen LogP contribution in [0.3, 0.4) is 0 Å². The fraction of sp³-hybridized carbons (Fsp3) is 0.300. The van der Waals surface area contributed by atoms with E-state index in [1.165, 1.54) is 17.8 Å². The number of nitro benzene ring substituents is 1. The zero-order valence-electron chi connectivity index (χ0n) is 16.4. The molecular weight excluding hydrogens is 408 g/mol. The molecule has 0 spiro atoms. The smallest absolute Gasteiger partial charge is 0.292 e. The van der Waals surface area contributed by atoms with E-state index in [2.05, 4.69) is 10.6 Å². The number of anilines is 2. The Morgan fingerprint density at radius 2 is 1.97 bits per heavy atom. The molecule has 0 bridgehead atoms. The van der Waals surface area contributed by atoms with Gasteiger partial charge in [0.05, 0.1) is 17.9 Å². The van der Waals surface area contributed by atoms with Crippen LogP contribution in [-0.4, -0.2) is 53.0 Å². The fourth-order valence-corrected chi connectivity index (χ4v) is 4.22. The topological polar surface area (TPSA) is 114 Å². The molecule has 10 heteroatoms. The molecule has 1 aliphatic heterocycles. The SMILES string of the molecule is COc1ccc(NC(=O)C2CSCN2C(=O)CCNc2ccccc2[N+](=O)[O-])cc1. The third-order valence-corrected chi connectivity index (χ3v) is 5.63. The van der Waals surface area contributed by atoms with E-state index in [4.69, 9.17) is 4.74 Å². The van der Waals surface area contributed by atoms with Crippen LogP contribution in [0.25, 0.3) is 0 Å². The number of benzene rings is 2. The summed E-state index contributed by atoms with van der Waals surface area (Å²) in [5, 5.41) is 16.8. The van der Waals surface area contributed by atoms with Crippen molar-refractivity contribution in [3.05, 3.63) is 58.6 Å². The van der Waals surface area contributed by atoms with Gasteiger partial charge in [0.25, 0.3) is 5.69 Å². The van der Waals surface area contributed by atoms with Crippen molar-refractivity contribution in [1.29, 1.82) is 0 Å². The molecule has 9 nitrogen and oxygen atoms in total. The molecule has 1 heterocycles. The Hall–Kier alpha value is -3.27. The van der Waals surface area contributed by atoms with Crippen LogP contribution in [0, 0.1) is 10.1 Å². The second kappa shape index (κ2) is 9.97. The molecule has 0 aliphatic carbocycles. The molecule has 1 unspecified atom stereocenters. The minimum Gasteiger partial charge on any atom is -0.497 e. The first-order chi connectivity index (χ1) is 14.5. The monoisotopic (exact) mass is 430 g/mol. The molecule has 0 saturated carbocycles. The van der Waals surface area contributed by atoms with Crippen molar-refractivity contribution in [3.63, 3.8) is 0 Å². The third-order valence-electron chi connectivity index (χ3n) is 4.62. The number of rotatable bonds is 8. The maximum Gasteiger partial charge on any atom is 0.292 e. The van der Waals surface area contributed by atoms with Crippen LogP contribution in [-0.2, 0) is 9.59 Å². The van der Waals surface area contributed by atoms with Gasteiger partial charge >= 0.3 is 0 Å². The quantitative estimate of drug-likeness (QED) is 0.489. The van der Waals surface area contributed by atoms with E-state index < -0.39 is 11.0 Å². The maximum absolute atomic E-state index is 12.7. The standard InChI is InChI=1S/C20H22N4O5S/c1-29-15-8-6-14(7-9-15)22-20(26)18-12-30-13-23(18)19(25)10-11-21-16-4-2-3-5-17(16)24(27)28/h2-9,18,21H,10-13H2,1H3,(H,22,26). The number of carbonyl (C=O) groups is 2. The van der Waals surface area contributed by atoms with Gasteiger partial charge in [-0.25, -0.2) is 0 Å². The third kappa shape index (κ3) is 5.20. The molecule has 1 aliphatic rings. The number of nitrogens with one attached hydrogen (secondary N) is 2. The van der Waals surface area contributed by atoms with Crippen molar-refractivity contribution in [3.8, 4) is 5.75 Å². The molecular formula is C20H22N4O5S. The Kier molecular flexibility index (Phi) is 7.12. The van der Waals surface area contributed by atoms with Gasteiger partial charge in [-0.05, 0) is 30.3 Å². The largest absolute Gasteiger partial charge is 0.497 e. The van der Waals surface area contributed by atoms with Gasteiger partial charge in [-0.3, -0.25) is 19.7 Å². The van der Waals surface area contributed by atoms with Crippen LogP contribution in [0.15, 0.2) is 48.5 Å². The van der Waals surface area contributed by atoms with Gasteiger partial charge in [0, 0.05) is 30.5 Å². The normalized spacial score (nSPS) is 15.5. The first kappa shape index (κ1) is 21.4. The number of nitro groups is 1. The van der Waals surface area contributed by atoms with Gasteiger partial charge in [0.1, 0.15) is 17.5 Å². The van der Waals surface area contributed by atoms with Crippen LogP contribution >= 0.6 is 11.8 Å². The van der Waals surface area contributed by atoms with Crippen molar-refractivity contribution < 1.29 is 19.2 Å². The first-order valence-electron chi connectivity index (χ1n) is 9.29. The second-order valence-corrected chi connectivity index (χ2v) is 7.55. The van der Waals surface area contributed by atoms with E-state index in [0.29, 0.717) is 28.8 Å². The predicted molar refractivity (Wildman–Crippen MR) is 116 cm³/mol. The second-order valence-electron chi connectivity index (χ2n) is 6.55. The first-order valence-corrected chi connectivity index (χ1v) is 10.4. The van der Waals surface area contributed by atoms with Crippen LogP contribution < -0.4 is 15.4 Å². The number of hydrogen-bond acceptors (Lipinski definition) is 7. The summed E-state index contributed by atoms with van der Waals surface area (Å²) in [6.45, 7) is 0.234. The van der Waals surface area contributed by atoms with Crippen molar-refractivity contribution >= 4 is 40.6 Å². The maximum atomic E-state index is 12.7. The number of ether oxygens (including phenoxy) is 1. The summed E-state index contributed by atoms with van der Waals surface area (Å²) in [6.07, 6.45) is 0.124. The molecule has 2 amide bonds. The highest BCUT2D eigenvalue weighted by Crippen LogP contribution is 2.25. The van der Waals surface area contributed by atoms with Gasteiger partial charge in [0.15, 0.2) is 0 Å². The molecule has 1 atom stereocenters. The minimum atomic E-state index is -0.560. The van der Waals surface area contributed by atoms with Crippen molar-refractivity contribution in [2.24, 2.45) is 0 Å². The van der Waals surface area contributed by atoms with E-state index in [0.717, 1.165) is 0 Å². The zero-order valence-corrected chi connectivity index (χ0v) is 17.2. The Morgan fingerprint density at radius 1 is 1.23 bits per heavy atom. The minimum absolute atomic E-state index is 0.0431. The van der Waals surface area contributed by atoms with Gasteiger partial charge in [-0.15, -0.1) is 11.8 Å². The molecule has 1 fully saturated rings. The molecule has 3 rings (SSSR count). The van der Waals surface area contributed by atoms with E-state index in [1.54, 1.807) is 54.5 Å². The number of thioether (sulfide) groups is 1. The molecule has 1 saturated heterocycles. The summed E-state index contributed by atoms with van der Waals surface area (Å²) in [5.74, 6) is 1.22. The number of methoxy groups -OCH3 is 1. The lowest BCUT2D eigenvalue weighted by Gasteiger charge is -2.23. The van der Waals surface area contributed by atoms with Gasteiger partial charge in [0.2, 0.25) is 11.8 Å². The van der Waals surface area contributed by atoms with Crippen molar-refractivity contribution in [2.45, 2.75) is 12.5 Å². The summed E-state index contributed by atoms with van der Waals surface area (Å²) in [7, 11) is 1.57. The number of nitrogens with zero attached hydrogens (tertiary/aromatic N) is 2. The summed E-state index contributed by atoms with van der Waals surface area (Å²) in [5.41, 5.74) is 0.946. The Morgan fingerprint density at radius 3 is 2.67 bits per heavy atom. The van der Waals surface area contributed by atoms with Gasteiger partial charge in [-0.1, -0.05) is 12.1 Å². The van der Waals surface area contributed by atoms with Crippen molar-refractivity contribution in [1.82, 2.24) is 4.90 Å². The van der Waals surface area contributed by atoms with Crippen molar-refractivity contribution in [2.75, 3.05) is 35.9 Å². The lowest BCUT2D eigenvalue weighted by molar-refractivity contribution is -0.384. The van der Waals surface area contributed by atoms with E-state index in [1.807, 2.05) is 0 Å². The van der Waals surface area contributed by atoms with E-state index in [9.17, 15) is 19.7 Å². The predicted octanol–water partition coefficient (Wildman–Crippen LogP) is 2.95. The summed E-state index contributed by atoms with van der Waals surface area (Å²) >= 11 is 1.51. The molecule has 0 radical (unpaired) electrons. The lowest BCUT2D eigenvalue weighted by atomic mass is 10.2. The number of hydrogen-bond donors (Lipinski definition) is 2. The number of amides is 2. The van der Waals surface area contributed by atoms with E-state index >= 15 is 0 Å². The van der Waals surface area contributed by atoms with E-state index in [-0.39, 0.29) is 30.5 Å². The number of para-hydroxylation sites is 2. The molecule has 30 heavy (non-hydrogen) atoms. The lowest BCUT2D eigenvalue weighted by Crippen LogP contribution is -2.44. The summed E-state index contributed by atoms with van der Waals surface area (Å²) < 4.78 is 5.10. The average molecular weight is 430 g/mol. The summed E-state index contributed by atoms with van der Waals surface area (Å²) in [6, 6.07) is 12.7. The number of carbonyl (C=O) groups excluding carboxylic acids is 2. The highest BCUT2D eigenvalue weighted by Gasteiger charge is 2.34. The Bertz CT molecular complexity index is 922. The molecule has 158 valence electrons. The van der Waals surface area contributed by atoms with Crippen LogP contribution in [0.2, 0.25) is 0 Å². The molecule has 2 N–H and O–H groups in total.